The quantitative estimate of drug-likeness (QED) is 0.355. The molecule has 2 amide bonds. The number of nitrogens with zero attached hydrogens (tertiary/aromatic N) is 5. The lowest BCUT2D eigenvalue weighted by Gasteiger charge is -2.35. The molecule has 2 aliphatic heterocycles. The van der Waals surface area contributed by atoms with Crippen LogP contribution in [-0.4, -0.2) is 65.5 Å². The van der Waals surface area contributed by atoms with E-state index in [0.717, 1.165) is 36.3 Å². The van der Waals surface area contributed by atoms with Crippen LogP contribution in [0.15, 0.2) is 24.3 Å². The molecule has 3 aromatic rings. The molecule has 12 nitrogen and oxygen atoms in total. The summed E-state index contributed by atoms with van der Waals surface area (Å²) in [5.74, 6) is 0.880. The van der Waals surface area contributed by atoms with Gasteiger partial charge in [0.2, 0.25) is 17.8 Å². The molecule has 0 atom stereocenters. The van der Waals surface area contributed by atoms with E-state index >= 15 is 0 Å². The first-order valence-corrected chi connectivity index (χ1v) is 13.6. The molecule has 5 rings (SSSR count). The lowest BCUT2D eigenvalue weighted by molar-refractivity contribution is -0.120. The summed E-state index contributed by atoms with van der Waals surface area (Å²) in [6.45, 7) is 6.52. The molecule has 0 unspecified atom stereocenters. The standard InChI is InChI=1S/C26H30N8O4S/c1-3-38-24(37)20-15(2)29-26(39-20)32-25-30-22-18(23(31-25)34-12-10-28-19(35)14-34)5-4-11-33(22)13-16-6-8-17(9-7-16)21(27)36/h6-9H,3-5,10-14H2,1-2H3,(H2,27,36)(H,28,35)(H,29,30,31,32). The molecule has 2 aromatic heterocycles. The predicted molar refractivity (Wildman–Crippen MR) is 148 cm³/mol. The van der Waals surface area contributed by atoms with E-state index in [1.807, 2.05) is 17.0 Å². The second-order valence-electron chi connectivity index (χ2n) is 9.31. The van der Waals surface area contributed by atoms with E-state index < -0.39 is 11.9 Å². The summed E-state index contributed by atoms with van der Waals surface area (Å²) in [6.07, 6.45) is 1.69. The third-order valence-corrected chi connectivity index (χ3v) is 7.60. The summed E-state index contributed by atoms with van der Waals surface area (Å²) in [4.78, 5) is 54.8. The van der Waals surface area contributed by atoms with Crippen LogP contribution in [0.25, 0.3) is 0 Å². The number of aryl methyl sites for hydroxylation is 1. The van der Waals surface area contributed by atoms with Crippen molar-refractivity contribution < 1.29 is 19.1 Å². The van der Waals surface area contributed by atoms with Crippen LogP contribution in [-0.2, 0) is 22.5 Å². The number of aromatic nitrogens is 3. The zero-order valence-corrected chi connectivity index (χ0v) is 22.6. The molecule has 39 heavy (non-hydrogen) atoms. The van der Waals surface area contributed by atoms with Crippen molar-refractivity contribution in [2.45, 2.75) is 33.2 Å². The molecule has 0 saturated carbocycles. The number of benzene rings is 1. The van der Waals surface area contributed by atoms with Crippen molar-refractivity contribution in [3.63, 3.8) is 0 Å². The molecule has 0 radical (unpaired) electrons. The van der Waals surface area contributed by atoms with Crippen molar-refractivity contribution in [1.29, 1.82) is 0 Å². The monoisotopic (exact) mass is 550 g/mol. The number of thiazole rings is 1. The Balaban J connectivity index is 1.50. The van der Waals surface area contributed by atoms with Crippen molar-refractivity contribution in [3.05, 3.63) is 51.5 Å². The highest BCUT2D eigenvalue weighted by atomic mass is 32.1. The summed E-state index contributed by atoms with van der Waals surface area (Å²) in [7, 11) is 0. The van der Waals surface area contributed by atoms with Gasteiger partial charge in [0.05, 0.1) is 18.8 Å². The number of nitrogens with one attached hydrogen (secondary N) is 2. The summed E-state index contributed by atoms with van der Waals surface area (Å²) < 4.78 is 5.14. The number of primary amides is 1. The lowest BCUT2D eigenvalue weighted by atomic mass is 10.0. The molecule has 0 bridgehead atoms. The number of hydrogen-bond donors (Lipinski definition) is 3. The summed E-state index contributed by atoms with van der Waals surface area (Å²) in [5.41, 5.74) is 8.41. The highest BCUT2D eigenvalue weighted by Gasteiger charge is 2.29. The molecule has 2 aliphatic rings. The van der Waals surface area contributed by atoms with Crippen LogP contribution in [0.3, 0.4) is 0 Å². The van der Waals surface area contributed by atoms with Crippen LogP contribution < -0.4 is 26.2 Å². The van der Waals surface area contributed by atoms with Gasteiger partial charge in [-0.25, -0.2) is 9.78 Å². The van der Waals surface area contributed by atoms with Gasteiger partial charge in [0.1, 0.15) is 16.5 Å². The van der Waals surface area contributed by atoms with Crippen LogP contribution >= 0.6 is 11.3 Å². The average molecular weight is 551 g/mol. The highest BCUT2D eigenvalue weighted by molar-refractivity contribution is 7.17. The molecular formula is C26H30N8O4S. The van der Waals surface area contributed by atoms with Gasteiger partial charge in [-0.1, -0.05) is 23.5 Å². The minimum absolute atomic E-state index is 0.0556. The van der Waals surface area contributed by atoms with Crippen LogP contribution in [0, 0.1) is 6.92 Å². The van der Waals surface area contributed by atoms with Crippen LogP contribution in [0.4, 0.5) is 22.7 Å². The number of carbonyl (C=O) groups excluding carboxylic acids is 3. The van der Waals surface area contributed by atoms with E-state index in [-0.39, 0.29) is 19.1 Å². The van der Waals surface area contributed by atoms with Crippen molar-refractivity contribution in [1.82, 2.24) is 20.3 Å². The fraction of sp³-hybridized carbons (Fsp3) is 0.385. The molecule has 1 saturated heterocycles. The van der Waals surface area contributed by atoms with Gasteiger partial charge in [-0.05, 0) is 44.4 Å². The Morgan fingerprint density at radius 3 is 2.64 bits per heavy atom. The van der Waals surface area contributed by atoms with Crippen molar-refractivity contribution in [2.75, 3.05) is 47.9 Å². The van der Waals surface area contributed by atoms with Gasteiger partial charge in [-0.15, -0.1) is 0 Å². The largest absolute Gasteiger partial charge is 0.462 e. The zero-order chi connectivity index (χ0) is 27.5. The Bertz CT molecular complexity index is 1410. The summed E-state index contributed by atoms with van der Waals surface area (Å²) >= 11 is 1.18. The predicted octanol–water partition coefficient (Wildman–Crippen LogP) is 2.15. The first kappa shape index (κ1) is 26.4. The number of piperazine rings is 1. The number of amides is 2. The third kappa shape index (κ3) is 5.77. The van der Waals surface area contributed by atoms with Crippen LogP contribution in [0.5, 0.6) is 0 Å². The minimum Gasteiger partial charge on any atom is -0.462 e. The van der Waals surface area contributed by atoms with Gasteiger partial charge in [0, 0.05) is 37.3 Å². The molecule has 1 fully saturated rings. The first-order chi connectivity index (χ1) is 18.8. The third-order valence-electron chi connectivity index (χ3n) is 6.54. The van der Waals surface area contributed by atoms with Crippen molar-refractivity contribution in [3.8, 4) is 0 Å². The minimum atomic E-state index is -0.466. The Morgan fingerprint density at radius 1 is 1.15 bits per heavy atom. The highest BCUT2D eigenvalue weighted by Crippen LogP contribution is 2.36. The average Bonchev–Trinajstić information content (AvgIpc) is 3.29. The van der Waals surface area contributed by atoms with Crippen molar-refractivity contribution >= 4 is 51.8 Å². The number of anilines is 4. The molecule has 0 aliphatic carbocycles. The number of carbonyl (C=O) groups is 3. The van der Waals surface area contributed by atoms with Gasteiger partial charge in [-0.2, -0.15) is 9.97 Å². The number of rotatable bonds is 8. The maximum absolute atomic E-state index is 12.3. The fourth-order valence-electron chi connectivity index (χ4n) is 4.72. The number of fused-ring (bicyclic) bond motifs is 1. The van der Waals surface area contributed by atoms with Gasteiger partial charge >= 0.3 is 5.97 Å². The van der Waals surface area contributed by atoms with E-state index in [4.69, 9.17) is 20.4 Å². The Morgan fingerprint density at radius 2 is 1.92 bits per heavy atom. The van der Waals surface area contributed by atoms with Crippen molar-refractivity contribution in [2.24, 2.45) is 5.73 Å². The Kier molecular flexibility index (Phi) is 7.59. The smallest absolute Gasteiger partial charge is 0.350 e. The normalized spacial score (nSPS) is 15.0. The molecule has 1 aromatic carbocycles. The van der Waals surface area contributed by atoms with Gasteiger partial charge in [0.25, 0.3) is 0 Å². The van der Waals surface area contributed by atoms with E-state index in [0.29, 0.717) is 52.7 Å². The van der Waals surface area contributed by atoms with E-state index in [9.17, 15) is 14.4 Å². The van der Waals surface area contributed by atoms with Gasteiger partial charge < -0.3 is 25.6 Å². The van der Waals surface area contributed by atoms with E-state index in [2.05, 4.69) is 20.5 Å². The van der Waals surface area contributed by atoms with Gasteiger partial charge in [0.15, 0.2) is 5.13 Å². The Labute approximate surface area is 229 Å². The van der Waals surface area contributed by atoms with Crippen LogP contribution in [0.2, 0.25) is 0 Å². The molecule has 4 N–H and O–H groups in total. The first-order valence-electron chi connectivity index (χ1n) is 12.8. The summed E-state index contributed by atoms with van der Waals surface area (Å²) in [5, 5.41) is 6.52. The molecule has 0 spiro atoms. The number of ether oxygens (including phenoxy) is 1. The fourth-order valence-corrected chi connectivity index (χ4v) is 5.57. The number of esters is 1. The number of nitrogens with two attached hydrogens (primary N) is 1. The number of hydrogen-bond acceptors (Lipinski definition) is 11. The molecule has 4 heterocycles. The van der Waals surface area contributed by atoms with Crippen LogP contribution in [0.1, 0.15) is 50.2 Å². The van der Waals surface area contributed by atoms with E-state index in [1.54, 1.807) is 26.0 Å². The Hall–Kier alpha value is -4.26. The topological polar surface area (TPSA) is 156 Å². The molecule has 13 heteroatoms. The maximum Gasteiger partial charge on any atom is 0.350 e. The summed E-state index contributed by atoms with van der Waals surface area (Å²) in [6, 6.07) is 7.22. The van der Waals surface area contributed by atoms with Gasteiger partial charge in [-0.3, -0.25) is 14.9 Å². The lowest BCUT2D eigenvalue weighted by Crippen LogP contribution is -2.48. The molecular weight excluding hydrogens is 520 g/mol. The SMILES string of the molecule is CCOC(=O)c1sc(Nc2nc(N3CCNC(=O)C3)c3c(n2)N(Cc2ccc(C(N)=O)cc2)CCC3)nc1C. The zero-order valence-electron chi connectivity index (χ0n) is 21.8. The van der Waals surface area contributed by atoms with E-state index in [1.165, 1.54) is 11.3 Å². The maximum atomic E-state index is 12.3. The second kappa shape index (κ2) is 11.2. The molecule has 204 valence electrons. The second-order valence-corrected chi connectivity index (χ2v) is 10.3.